The van der Waals surface area contributed by atoms with Gasteiger partial charge in [-0.1, -0.05) is 91.0 Å². The summed E-state index contributed by atoms with van der Waals surface area (Å²) in [6.45, 7) is 0.401. The third-order valence-electron chi connectivity index (χ3n) is 9.02. The number of hydrogen-bond donors (Lipinski definition) is 0. The number of amides is 2. The number of nitrogens with zero attached hydrogens (tertiary/aromatic N) is 2. The molecule has 0 N–H and O–H groups in total. The van der Waals surface area contributed by atoms with Crippen molar-refractivity contribution in [3.05, 3.63) is 145 Å². The lowest BCUT2D eigenvalue weighted by molar-refractivity contribution is -0.139. The van der Waals surface area contributed by atoms with E-state index in [1.165, 1.54) is 5.39 Å². The van der Waals surface area contributed by atoms with Crippen LogP contribution >= 0.6 is 31.9 Å². The zero-order chi connectivity index (χ0) is 29.2. The average molecular weight is 692 g/mol. The topological polar surface area (TPSA) is 59.0 Å². The van der Waals surface area contributed by atoms with E-state index in [4.69, 9.17) is 4.74 Å². The number of ether oxygens (including phenoxy) is 1. The van der Waals surface area contributed by atoms with Crippen LogP contribution in [-0.4, -0.2) is 23.0 Å². The molecule has 4 aliphatic rings. The van der Waals surface area contributed by atoms with E-state index in [9.17, 15) is 9.59 Å². The molecule has 5 aromatic carbocycles. The summed E-state index contributed by atoms with van der Waals surface area (Å²) in [6.07, 6.45) is 1.57. The van der Waals surface area contributed by atoms with Gasteiger partial charge < -0.3 is 4.74 Å². The third-order valence-corrected chi connectivity index (χ3v) is 10.2. The van der Waals surface area contributed by atoms with Crippen molar-refractivity contribution < 1.29 is 14.3 Å². The lowest BCUT2D eigenvalue weighted by atomic mass is 9.55. The van der Waals surface area contributed by atoms with Crippen molar-refractivity contribution in [2.75, 3.05) is 0 Å². The molecule has 1 heterocycles. The fourth-order valence-corrected chi connectivity index (χ4v) is 8.71. The van der Waals surface area contributed by atoms with E-state index in [1.54, 1.807) is 6.21 Å². The van der Waals surface area contributed by atoms with Gasteiger partial charge in [0.2, 0.25) is 0 Å². The zero-order valence-corrected chi connectivity index (χ0v) is 26.0. The van der Waals surface area contributed by atoms with Gasteiger partial charge in [0.25, 0.3) is 11.8 Å². The van der Waals surface area contributed by atoms with E-state index < -0.39 is 11.8 Å². The van der Waals surface area contributed by atoms with E-state index in [-0.39, 0.29) is 23.7 Å². The molecule has 0 aromatic heterocycles. The first-order chi connectivity index (χ1) is 21.0. The maximum atomic E-state index is 13.8. The second kappa shape index (κ2) is 10.3. The summed E-state index contributed by atoms with van der Waals surface area (Å²) in [7, 11) is 0. The highest BCUT2D eigenvalue weighted by Gasteiger charge is 2.61. The fourth-order valence-electron chi connectivity index (χ4n) is 7.26. The highest BCUT2D eigenvalue weighted by Crippen LogP contribution is 2.61. The number of imide groups is 1. The van der Waals surface area contributed by atoms with E-state index in [0.29, 0.717) is 12.4 Å². The quantitative estimate of drug-likeness (QED) is 0.138. The van der Waals surface area contributed by atoms with Gasteiger partial charge in [-0.15, -0.1) is 0 Å². The Morgan fingerprint density at radius 2 is 1.21 bits per heavy atom. The summed E-state index contributed by atoms with van der Waals surface area (Å²) in [4.78, 5) is 27.7. The lowest BCUT2D eigenvalue weighted by Gasteiger charge is -2.45. The van der Waals surface area contributed by atoms with E-state index in [2.05, 4.69) is 85.5 Å². The van der Waals surface area contributed by atoms with Crippen LogP contribution in [0.25, 0.3) is 10.8 Å². The molecule has 0 radical (unpaired) electrons. The molecule has 210 valence electrons. The molecule has 0 saturated carbocycles. The first kappa shape index (κ1) is 26.5. The number of fused-ring (bicyclic) bond motifs is 1. The molecule has 5 nitrogen and oxygen atoms in total. The Morgan fingerprint density at radius 1 is 0.698 bits per heavy atom. The van der Waals surface area contributed by atoms with Crippen LogP contribution in [0, 0.1) is 11.8 Å². The SMILES string of the molecule is O=C1[C@H]2C3c4ccccc4C(c4ccccc43)[C@@H]2C(=O)N1/N=C\c1cc(Br)c(OCc2cccc3ccccc23)c(Br)c1. The predicted octanol–water partition coefficient (Wildman–Crippen LogP) is 8.17. The lowest BCUT2D eigenvalue weighted by Crippen LogP contribution is -2.41. The Balaban J connectivity index is 1.06. The molecular weight excluding hydrogens is 668 g/mol. The summed E-state index contributed by atoms with van der Waals surface area (Å²) in [5.74, 6) is -1.03. The largest absolute Gasteiger partial charge is 0.487 e. The van der Waals surface area contributed by atoms with Crippen molar-refractivity contribution in [1.82, 2.24) is 5.01 Å². The molecular formula is C36H24Br2N2O3. The van der Waals surface area contributed by atoms with Gasteiger partial charge in [-0.25, -0.2) is 0 Å². The molecule has 5 aromatic rings. The molecule has 1 fully saturated rings. The first-order valence-corrected chi connectivity index (χ1v) is 15.8. The van der Waals surface area contributed by atoms with Crippen molar-refractivity contribution in [1.29, 1.82) is 0 Å². The number of carbonyl (C=O) groups is 2. The second-order valence-corrected chi connectivity index (χ2v) is 12.9. The van der Waals surface area contributed by atoms with E-state index in [0.717, 1.165) is 52.7 Å². The molecule has 3 aliphatic carbocycles. The fraction of sp³-hybridized carbons (Fsp3) is 0.139. The average Bonchev–Trinajstić information content (AvgIpc) is 3.28. The van der Waals surface area contributed by atoms with Crippen LogP contribution in [0.3, 0.4) is 0 Å². The van der Waals surface area contributed by atoms with E-state index >= 15 is 0 Å². The Kier molecular flexibility index (Phi) is 6.35. The second-order valence-electron chi connectivity index (χ2n) is 11.2. The van der Waals surface area contributed by atoms with Gasteiger partial charge in [-0.3, -0.25) is 9.59 Å². The van der Waals surface area contributed by atoms with Crippen molar-refractivity contribution in [2.24, 2.45) is 16.9 Å². The summed E-state index contributed by atoms with van der Waals surface area (Å²) in [6, 6.07) is 34.6. The smallest absolute Gasteiger partial charge is 0.254 e. The summed E-state index contributed by atoms with van der Waals surface area (Å²) >= 11 is 7.28. The molecule has 2 bridgehead atoms. The van der Waals surface area contributed by atoms with Gasteiger partial charge in [-0.05, 0) is 88.1 Å². The molecule has 1 aliphatic heterocycles. The molecule has 2 amide bonds. The minimum atomic E-state index is -0.456. The maximum Gasteiger partial charge on any atom is 0.254 e. The van der Waals surface area contributed by atoms with Gasteiger partial charge in [0, 0.05) is 11.8 Å². The molecule has 7 heteroatoms. The maximum absolute atomic E-state index is 13.8. The Bertz CT molecular complexity index is 1860. The van der Waals surface area contributed by atoms with Crippen LogP contribution in [0.1, 0.15) is 45.2 Å². The Labute approximate surface area is 265 Å². The van der Waals surface area contributed by atoms with Gasteiger partial charge >= 0.3 is 0 Å². The van der Waals surface area contributed by atoms with Gasteiger partial charge in [-0.2, -0.15) is 10.1 Å². The minimum Gasteiger partial charge on any atom is -0.487 e. The van der Waals surface area contributed by atoms with Gasteiger partial charge in [0.15, 0.2) is 0 Å². The van der Waals surface area contributed by atoms with E-state index in [1.807, 2.05) is 54.6 Å². The first-order valence-electron chi connectivity index (χ1n) is 14.2. The van der Waals surface area contributed by atoms with Crippen molar-refractivity contribution >= 4 is 60.7 Å². The predicted molar refractivity (Wildman–Crippen MR) is 173 cm³/mol. The number of rotatable bonds is 5. The molecule has 9 rings (SSSR count). The van der Waals surface area contributed by atoms with Gasteiger partial charge in [0.05, 0.1) is 27.0 Å². The van der Waals surface area contributed by atoms with Crippen LogP contribution in [0.15, 0.2) is 117 Å². The number of carbonyl (C=O) groups excluding carboxylic acids is 2. The van der Waals surface area contributed by atoms with Crippen LogP contribution < -0.4 is 4.74 Å². The molecule has 2 atom stereocenters. The standard InChI is InChI=1S/C36H24Br2N2O3/c37-28-16-20(17-29(38)34(28)43-19-22-10-7-9-21-8-1-2-11-23(21)22)18-39-40-35(41)32-30-24-12-3-4-13-25(24)31(33(32)36(40)42)27-15-6-5-14-26(27)30/h1-18,30-33H,19H2/b39-18-/t30?,31?,32-,33-/m0/s1. The van der Waals surface area contributed by atoms with Crippen molar-refractivity contribution in [3.8, 4) is 5.75 Å². The third kappa shape index (κ3) is 4.13. The molecule has 0 spiro atoms. The number of hydrazone groups is 1. The summed E-state index contributed by atoms with van der Waals surface area (Å²) in [5, 5.41) is 7.89. The van der Waals surface area contributed by atoms with Crippen LogP contribution in [-0.2, 0) is 16.2 Å². The van der Waals surface area contributed by atoms with Gasteiger partial charge in [0.1, 0.15) is 12.4 Å². The number of benzene rings is 5. The highest BCUT2D eigenvalue weighted by atomic mass is 79.9. The van der Waals surface area contributed by atoms with Crippen molar-refractivity contribution in [2.45, 2.75) is 18.4 Å². The van der Waals surface area contributed by atoms with Crippen molar-refractivity contribution in [3.63, 3.8) is 0 Å². The molecule has 1 saturated heterocycles. The normalized spacial score (nSPS) is 21.8. The molecule has 0 unspecified atom stereocenters. The van der Waals surface area contributed by atoms with Crippen LogP contribution in [0.4, 0.5) is 0 Å². The number of hydrogen-bond acceptors (Lipinski definition) is 4. The monoisotopic (exact) mass is 690 g/mol. The highest BCUT2D eigenvalue weighted by molar-refractivity contribution is 9.11. The molecule has 43 heavy (non-hydrogen) atoms. The Hall–Kier alpha value is -4.07. The summed E-state index contributed by atoms with van der Waals surface area (Å²) < 4.78 is 7.70. The summed E-state index contributed by atoms with van der Waals surface area (Å²) in [5.41, 5.74) is 6.39. The zero-order valence-electron chi connectivity index (χ0n) is 22.8. The van der Waals surface area contributed by atoms with Crippen LogP contribution in [0.5, 0.6) is 5.75 Å². The van der Waals surface area contributed by atoms with Crippen LogP contribution in [0.2, 0.25) is 0 Å². The Morgan fingerprint density at radius 3 is 1.79 bits per heavy atom. The number of halogens is 2. The minimum absolute atomic E-state index is 0.152.